The molecule has 0 spiro atoms. The first-order valence-corrected chi connectivity index (χ1v) is 8.22. The van der Waals surface area contributed by atoms with Crippen LogP contribution in [-0.4, -0.2) is 5.91 Å². The molecule has 20 heavy (non-hydrogen) atoms. The molecule has 0 radical (unpaired) electrons. The summed E-state index contributed by atoms with van der Waals surface area (Å²) in [5.74, 6) is 0.796. The van der Waals surface area contributed by atoms with E-state index in [1.54, 1.807) is 0 Å². The van der Waals surface area contributed by atoms with Crippen LogP contribution in [0.2, 0.25) is 0 Å². The fourth-order valence-electron chi connectivity index (χ4n) is 2.71. The summed E-state index contributed by atoms with van der Waals surface area (Å²) >= 11 is 6.86. The fraction of sp³-hybridized carbons (Fsp3) is 0.533. The Hall–Kier alpha value is -1.25. The van der Waals surface area contributed by atoms with E-state index in [9.17, 15) is 10.1 Å². The number of hydrogen-bond donors (Lipinski definition) is 1. The van der Waals surface area contributed by atoms with Gasteiger partial charge in [0.2, 0.25) is 5.91 Å². The lowest BCUT2D eigenvalue weighted by molar-refractivity contribution is -0.117. The van der Waals surface area contributed by atoms with Crippen LogP contribution in [0.1, 0.15) is 42.9 Å². The fourth-order valence-corrected chi connectivity index (χ4v) is 4.10. The minimum absolute atomic E-state index is 0.0382. The lowest BCUT2D eigenvalue weighted by atomic mass is 9.85. The van der Waals surface area contributed by atoms with Crippen LogP contribution >= 0.6 is 23.6 Å². The Morgan fingerprint density at radius 3 is 2.80 bits per heavy atom. The molecule has 1 saturated carbocycles. The molecule has 0 aromatic carbocycles. The lowest BCUT2D eigenvalue weighted by Crippen LogP contribution is -2.17. The van der Waals surface area contributed by atoms with Gasteiger partial charge in [-0.15, -0.1) is 11.3 Å². The van der Waals surface area contributed by atoms with E-state index < -0.39 is 0 Å². The van der Waals surface area contributed by atoms with Crippen molar-refractivity contribution in [1.29, 1.82) is 5.26 Å². The molecule has 2 aliphatic rings. The number of hydrogen-bond acceptors (Lipinski definition) is 4. The van der Waals surface area contributed by atoms with Gasteiger partial charge in [-0.2, -0.15) is 5.26 Å². The smallest absolute Gasteiger partial charge is 0.228 e. The van der Waals surface area contributed by atoms with Gasteiger partial charge in [0.15, 0.2) is 0 Å². The number of rotatable bonds is 2. The van der Waals surface area contributed by atoms with Crippen molar-refractivity contribution < 1.29 is 4.79 Å². The highest BCUT2D eigenvalue weighted by molar-refractivity contribution is 7.73. The second-order valence-corrected chi connectivity index (χ2v) is 7.46. The number of nitrogens with zero attached hydrogens (tertiary/aromatic N) is 1. The molecule has 0 aliphatic heterocycles. The van der Waals surface area contributed by atoms with Crippen LogP contribution in [0, 0.1) is 27.0 Å². The average molecular weight is 304 g/mol. The number of carbonyl (C=O) groups excluding carboxylic acids is 1. The van der Waals surface area contributed by atoms with Crippen LogP contribution in [0.4, 0.5) is 5.00 Å². The standard InChI is InChI=1S/C15H16N2OS2/c1-8-2-5-10-11(6-8)15(19)20-14(12(10)7-16)17-13(18)9-3-4-9/h8-9H,2-6H2,1H3,(H,17,18). The van der Waals surface area contributed by atoms with Crippen LogP contribution in [-0.2, 0) is 17.6 Å². The SMILES string of the molecule is CC1CCc2c(C#N)c(NC(=O)C3CC3)sc(=S)c2C1. The van der Waals surface area contributed by atoms with Crippen molar-refractivity contribution in [3.63, 3.8) is 0 Å². The summed E-state index contributed by atoms with van der Waals surface area (Å²) in [6.07, 6.45) is 4.85. The monoisotopic (exact) mass is 304 g/mol. The van der Waals surface area contributed by atoms with E-state index >= 15 is 0 Å². The molecule has 1 fully saturated rings. The molecule has 1 N–H and O–H groups in total. The topological polar surface area (TPSA) is 52.9 Å². The minimum atomic E-state index is 0.0382. The van der Waals surface area contributed by atoms with Crippen LogP contribution in [0.5, 0.6) is 0 Å². The van der Waals surface area contributed by atoms with Gasteiger partial charge >= 0.3 is 0 Å². The van der Waals surface area contributed by atoms with Crippen molar-refractivity contribution in [2.24, 2.45) is 11.8 Å². The molecule has 0 saturated heterocycles. The number of nitriles is 1. The highest BCUT2D eigenvalue weighted by Crippen LogP contribution is 2.37. The maximum Gasteiger partial charge on any atom is 0.228 e. The first-order chi connectivity index (χ1) is 9.60. The second-order valence-electron chi connectivity index (χ2n) is 5.77. The van der Waals surface area contributed by atoms with E-state index in [2.05, 4.69) is 18.3 Å². The highest BCUT2D eigenvalue weighted by atomic mass is 32.1. The Labute approximate surface area is 127 Å². The van der Waals surface area contributed by atoms with Gasteiger partial charge in [-0.05, 0) is 49.1 Å². The zero-order valence-corrected chi connectivity index (χ0v) is 13.0. The van der Waals surface area contributed by atoms with E-state index in [0.717, 1.165) is 47.1 Å². The lowest BCUT2D eigenvalue weighted by Gasteiger charge is -2.23. The Morgan fingerprint density at radius 2 is 2.15 bits per heavy atom. The van der Waals surface area contributed by atoms with E-state index in [-0.39, 0.29) is 11.8 Å². The molecule has 1 aromatic heterocycles. The third-order valence-electron chi connectivity index (χ3n) is 4.07. The summed E-state index contributed by atoms with van der Waals surface area (Å²) in [7, 11) is 0. The largest absolute Gasteiger partial charge is 0.316 e. The van der Waals surface area contributed by atoms with Gasteiger partial charge in [-0.1, -0.05) is 19.1 Å². The van der Waals surface area contributed by atoms with Crippen molar-refractivity contribution in [3.8, 4) is 6.07 Å². The maximum absolute atomic E-state index is 11.9. The number of fused-ring (bicyclic) bond motifs is 1. The summed E-state index contributed by atoms with van der Waals surface area (Å²) in [4.78, 5) is 11.9. The number of amides is 1. The Balaban J connectivity index is 2.03. The minimum Gasteiger partial charge on any atom is -0.316 e. The second kappa shape index (κ2) is 5.27. The first kappa shape index (κ1) is 13.7. The van der Waals surface area contributed by atoms with Gasteiger partial charge in [0.1, 0.15) is 11.1 Å². The van der Waals surface area contributed by atoms with Gasteiger partial charge in [0.05, 0.1) is 9.39 Å². The predicted octanol–water partition coefficient (Wildman–Crippen LogP) is 3.82. The molecule has 5 heteroatoms. The van der Waals surface area contributed by atoms with Crippen LogP contribution < -0.4 is 5.32 Å². The van der Waals surface area contributed by atoms with Crippen molar-refractivity contribution in [2.75, 3.05) is 5.32 Å². The van der Waals surface area contributed by atoms with Gasteiger partial charge in [0, 0.05) is 5.92 Å². The van der Waals surface area contributed by atoms with E-state index in [0.29, 0.717) is 16.5 Å². The third-order valence-corrected chi connectivity index (χ3v) is 5.51. The van der Waals surface area contributed by atoms with E-state index in [1.165, 1.54) is 11.3 Å². The number of anilines is 1. The summed E-state index contributed by atoms with van der Waals surface area (Å²) in [5, 5.41) is 13.0. The molecule has 1 unspecified atom stereocenters. The zero-order chi connectivity index (χ0) is 14.3. The molecule has 1 atom stereocenters. The maximum atomic E-state index is 11.9. The average Bonchev–Trinajstić information content (AvgIpc) is 3.24. The highest BCUT2D eigenvalue weighted by Gasteiger charge is 2.31. The Morgan fingerprint density at radius 1 is 1.40 bits per heavy atom. The summed E-state index contributed by atoms with van der Waals surface area (Å²) in [6.45, 7) is 2.22. The summed E-state index contributed by atoms with van der Waals surface area (Å²) < 4.78 is 0.830. The molecule has 104 valence electrons. The Bertz CT molecular complexity index is 668. The van der Waals surface area contributed by atoms with Gasteiger partial charge in [-0.25, -0.2) is 0 Å². The molecule has 1 amide bonds. The summed E-state index contributed by atoms with van der Waals surface area (Å²) in [5.41, 5.74) is 2.87. The molecular weight excluding hydrogens is 288 g/mol. The predicted molar refractivity (Wildman–Crippen MR) is 82.4 cm³/mol. The number of carbonyl (C=O) groups is 1. The van der Waals surface area contributed by atoms with Crippen molar-refractivity contribution in [1.82, 2.24) is 0 Å². The molecule has 0 bridgehead atoms. The third kappa shape index (κ3) is 2.50. The van der Waals surface area contributed by atoms with Gasteiger partial charge < -0.3 is 5.32 Å². The Kier molecular flexibility index (Phi) is 3.61. The van der Waals surface area contributed by atoms with Crippen LogP contribution in [0.25, 0.3) is 0 Å². The first-order valence-electron chi connectivity index (χ1n) is 7.00. The molecule has 2 aliphatic carbocycles. The van der Waals surface area contributed by atoms with Gasteiger partial charge in [-0.3, -0.25) is 4.79 Å². The summed E-state index contributed by atoms with van der Waals surface area (Å²) in [6, 6.07) is 2.28. The van der Waals surface area contributed by atoms with Crippen LogP contribution in [0.15, 0.2) is 0 Å². The molecule has 1 heterocycles. The molecular formula is C15H16N2OS2. The van der Waals surface area contributed by atoms with E-state index in [1.807, 2.05) is 0 Å². The number of nitrogens with one attached hydrogen (secondary N) is 1. The van der Waals surface area contributed by atoms with Crippen molar-refractivity contribution in [2.45, 2.75) is 39.0 Å². The molecule has 3 rings (SSSR count). The van der Waals surface area contributed by atoms with Crippen molar-refractivity contribution >= 4 is 34.5 Å². The van der Waals surface area contributed by atoms with E-state index in [4.69, 9.17) is 12.2 Å². The normalized spacial score (nSPS) is 20.9. The quantitative estimate of drug-likeness (QED) is 0.845. The van der Waals surface area contributed by atoms with Gasteiger partial charge in [0.25, 0.3) is 0 Å². The molecule has 3 nitrogen and oxygen atoms in total. The van der Waals surface area contributed by atoms with Crippen LogP contribution in [0.3, 0.4) is 0 Å². The molecule has 1 aromatic rings. The van der Waals surface area contributed by atoms with Crippen molar-refractivity contribution in [3.05, 3.63) is 20.5 Å². The zero-order valence-electron chi connectivity index (χ0n) is 11.4.